The quantitative estimate of drug-likeness (QED) is 0.440. The van der Waals surface area contributed by atoms with Crippen molar-refractivity contribution in [2.75, 3.05) is 0 Å². The van der Waals surface area contributed by atoms with E-state index in [1.165, 1.54) is 18.5 Å². The molecule has 0 unspecified atom stereocenters. The summed E-state index contributed by atoms with van der Waals surface area (Å²) in [6, 6.07) is 10.0. The van der Waals surface area contributed by atoms with Crippen LogP contribution in [0.2, 0.25) is 5.02 Å². The molecule has 4 aromatic rings. The third-order valence-corrected chi connectivity index (χ3v) is 5.57. The SMILES string of the molecule is Cc1nc(C#N)sc1Oc1ccc(-n2ncn(Cc3c(F)cccc3F)c2=O)cc1Cl. The van der Waals surface area contributed by atoms with Gasteiger partial charge in [-0.25, -0.2) is 18.6 Å². The van der Waals surface area contributed by atoms with Crippen molar-refractivity contribution in [2.45, 2.75) is 13.5 Å². The van der Waals surface area contributed by atoms with Gasteiger partial charge in [0, 0.05) is 5.56 Å². The molecule has 0 N–H and O–H groups in total. The lowest BCUT2D eigenvalue weighted by Gasteiger charge is -2.08. The number of nitrogens with zero attached hydrogens (tertiary/aromatic N) is 5. The predicted molar refractivity (Wildman–Crippen MR) is 110 cm³/mol. The minimum Gasteiger partial charge on any atom is -0.443 e. The van der Waals surface area contributed by atoms with Crippen LogP contribution in [0.5, 0.6) is 10.8 Å². The lowest BCUT2D eigenvalue weighted by Crippen LogP contribution is -2.24. The smallest absolute Gasteiger partial charge is 0.350 e. The van der Waals surface area contributed by atoms with Crippen molar-refractivity contribution in [2.24, 2.45) is 0 Å². The second-order valence-electron chi connectivity index (χ2n) is 6.37. The van der Waals surface area contributed by atoms with Gasteiger partial charge in [-0.15, -0.1) is 0 Å². The van der Waals surface area contributed by atoms with Crippen molar-refractivity contribution in [1.29, 1.82) is 5.26 Å². The summed E-state index contributed by atoms with van der Waals surface area (Å²) in [5.41, 5.74) is 0.0674. The highest BCUT2D eigenvalue weighted by Crippen LogP contribution is 2.35. The molecule has 0 aliphatic heterocycles. The number of hydrogen-bond acceptors (Lipinski definition) is 6. The van der Waals surface area contributed by atoms with Gasteiger partial charge in [-0.3, -0.25) is 4.57 Å². The first-order valence-corrected chi connectivity index (χ1v) is 9.99. The standard InChI is InChI=1S/C20H12ClF2N5O2S/c1-11-19(31-18(8-24)26-11)30-17-6-5-12(7-14(17)21)28-20(29)27(10-25-28)9-13-15(22)3-2-4-16(13)23/h2-7,10H,9H2,1H3. The van der Waals surface area contributed by atoms with Crippen LogP contribution in [0, 0.1) is 29.9 Å². The lowest BCUT2D eigenvalue weighted by atomic mass is 10.2. The summed E-state index contributed by atoms with van der Waals surface area (Å²) in [6.07, 6.45) is 1.19. The molecule has 4 rings (SSSR count). The number of thiazole rings is 1. The molecule has 0 fully saturated rings. The molecule has 0 spiro atoms. The van der Waals surface area contributed by atoms with Crippen LogP contribution < -0.4 is 10.4 Å². The summed E-state index contributed by atoms with van der Waals surface area (Å²) in [6.45, 7) is 1.40. The van der Waals surface area contributed by atoms with Crippen molar-refractivity contribution in [3.8, 4) is 22.6 Å². The number of rotatable bonds is 5. The van der Waals surface area contributed by atoms with Gasteiger partial charge in [0.2, 0.25) is 5.06 Å². The normalized spacial score (nSPS) is 10.8. The van der Waals surface area contributed by atoms with Gasteiger partial charge >= 0.3 is 5.69 Å². The molecule has 0 aliphatic rings. The van der Waals surface area contributed by atoms with Crippen LogP contribution >= 0.6 is 22.9 Å². The Bertz CT molecular complexity index is 1370. The van der Waals surface area contributed by atoms with E-state index in [0.29, 0.717) is 22.2 Å². The maximum Gasteiger partial charge on any atom is 0.350 e. The third-order valence-electron chi connectivity index (χ3n) is 4.34. The van der Waals surface area contributed by atoms with E-state index < -0.39 is 17.3 Å². The fourth-order valence-corrected chi connectivity index (χ4v) is 3.74. The first kappa shape index (κ1) is 20.7. The first-order chi connectivity index (χ1) is 14.9. The monoisotopic (exact) mass is 459 g/mol. The highest BCUT2D eigenvalue weighted by molar-refractivity contribution is 7.14. The molecule has 0 saturated heterocycles. The Balaban J connectivity index is 1.61. The molecule has 2 aromatic heterocycles. The predicted octanol–water partition coefficient (Wildman–Crippen LogP) is 4.44. The zero-order valence-electron chi connectivity index (χ0n) is 15.8. The molecule has 2 heterocycles. The van der Waals surface area contributed by atoms with Crippen LogP contribution in [0.4, 0.5) is 8.78 Å². The molecule has 11 heteroatoms. The Morgan fingerprint density at radius 1 is 1.26 bits per heavy atom. The highest BCUT2D eigenvalue weighted by Gasteiger charge is 2.16. The van der Waals surface area contributed by atoms with E-state index >= 15 is 0 Å². The second kappa shape index (κ2) is 8.29. The Hall–Kier alpha value is -3.55. The van der Waals surface area contributed by atoms with E-state index in [-0.39, 0.29) is 22.1 Å². The lowest BCUT2D eigenvalue weighted by molar-refractivity contribution is 0.491. The Morgan fingerprint density at radius 2 is 2.00 bits per heavy atom. The van der Waals surface area contributed by atoms with Crippen LogP contribution in [0.25, 0.3) is 5.69 Å². The van der Waals surface area contributed by atoms with E-state index in [9.17, 15) is 13.6 Å². The number of nitriles is 1. The average molecular weight is 460 g/mol. The summed E-state index contributed by atoms with van der Waals surface area (Å²) in [5, 5.41) is 13.8. The van der Waals surface area contributed by atoms with Gasteiger partial charge < -0.3 is 4.74 Å². The van der Waals surface area contributed by atoms with Crippen molar-refractivity contribution in [3.63, 3.8) is 0 Å². The fourth-order valence-electron chi connectivity index (χ4n) is 2.80. The molecule has 0 amide bonds. The molecule has 156 valence electrons. The zero-order valence-corrected chi connectivity index (χ0v) is 17.4. The van der Waals surface area contributed by atoms with E-state index in [2.05, 4.69) is 10.1 Å². The maximum absolute atomic E-state index is 13.9. The minimum atomic E-state index is -0.748. The fraction of sp³-hybridized carbons (Fsp3) is 0.100. The summed E-state index contributed by atoms with van der Waals surface area (Å²) < 4.78 is 35.7. The van der Waals surface area contributed by atoms with Crippen LogP contribution in [-0.2, 0) is 6.54 Å². The first-order valence-electron chi connectivity index (χ1n) is 8.80. The molecule has 0 saturated carbocycles. The summed E-state index contributed by atoms with van der Waals surface area (Å²) in [4.78, 5) is 16.7. The molecule has 2 aromatic carbocycles. The van der Waals surface area contributed by atoms with Gasteiger partial charge in [0.15, 0.2) is 5.01 Å². The molecular formula is C20H12ClF2N5O2S. The minimum absolute atomic E-state index is 0.199. The number of aromatic nitrogens is 4. The number of halogens is 3. The molecule has 0 atom stereocenters. The molecular weight excluding hydrogens is 448 g/mol. The number of hydrogen-bond donors (Lipinski definition) is 0. The second-order valence-corrected chi connectivity index (χ2v) is 7.74. The Morgan fingerprint density at radius 3 is 2.65 bits per heavy atom. The van der Waals surface area contributed by atoms with Crippen LogP contribution in [0.1, 0.15) is 16.3 Å². The topological polar surface area (TPSA) is 85.7 Å². The van der Waals surface area contributed by atoms with Gasteiger partial charge in [0.05, 0.1) is 22.9 Å². The average Bonchev–Trinajstić information content (AvgIpc) is 3.28. The third kappa shape index (κ3) is 4.05. The maximum atomic E-state index is 13.9. The van der Waals surface area contributed by atoms with Crippen LogP contribution in [0.3, 0.4) is 0 Å². The van der Waals surface area contributed by atoms with Crippen molar-refractivity contribution in [1.82, 2.24) is 19.3 Å². The molecule has 31 heavy (non-hydrogen) atoms. The zero-order chi connectivity index (χ0) is 22.1. The molecule has 0 radical (unpaired) electrons. The van der Waals surface area contributed by atoms with Crippen molar-refractivity contribution >= 4 is 22.9 Å². The van der Waals surface area contributed by atoms with Crippen molar-refractivity contribution < 1.29 is 13.5 Å². The molecule has 0 aliphatic carbocycles. The Kier molecular flexibility index (Phi) is 5.54. The highest BCUT2D eigenvalue weighted by atomic mass is 35.5. The number of benzene rings is 2. The summed E-state index contributed by atoms with van der Waals surface area (Å²) in [7, 11) is 0. The van der Waals surface area contributed by atoms with Gasteiger partial charge in [-0.2, -0.15) is 15.0 Å². The van der Waals surface area contributed by atoms with Gasteiger partial charge in [0.25, 0.3) is 0 Å². The van der Waals surface area contributed by atoms with Gasteiger partial charge in [-0.1, -0.05) is 29.0 Å². The van der Waals surface area contributed by atoms with Gasteiger partial charge in [0.1, 0.15) is 29.8 Å². The largest absolute Gasteiger partial charge is 0.443 e. The van der Waals surface area contributed by atoms with E-state index in [4.69, 9.17) is 21.6 Å². The van der Waals surface area contributed by atoms with Crippen LogP contribution in [-0.4, -0.2) is 19.3 Å². The van der Waals surface area contributed by atoms with E-state index in [0.717, 1.165) is 32.7 Å². The van der Waals surface area contributed by atoms with Crippen molar-refractivity contribution in [3.05, 3.63) is 86.1 Å². The van der Waals surface area contributed by atoms with E-state index in [1.54, 1.807) is 19.1 Å². The van der Waals surface area contributed by atoms with E-state index in [1.807, 2.05) is 6.07 Å². The summed E-state index contributed by atoms with van der Waals surface area (Å²) in [5.74, 6) is -1.19. The van der Waals surface area contributed by atoms with Gasteiger partial charge in [-0.05, 0) is 37.3 Å². The number of ether oxygens (including phenoxy) is 1. The molecule has 7 nitrogen and oxygen atoms in total. The van der Waals surface area contributed by atoms with Crippen LogP contribution in [0.15, 0.2) is 47.5 Å². The molecule has 0 bridgehead atoms. The summed E-state index contributed by atoms with van der Waals surface area (Å²) >= 11 is 7.39. The Labute approximate surface area is 183 Å². The number of aryl methyl sites for hydroxylation is 1.